The van der Waals surface area contributed by atoms with E-state index >= 15 is 0 Å². The van der Waals surface area contributed by atoms with E-state index in [1.165, 1.54) is 23.3 Å². The first-order valence-corrected chi connectivity index (χ1v) is 8.60. The van der Waals surface area contributed by atoms with E-state index in [-0.39, 0.29) is 12.5 Å². The van der Waals surface area contributed by atoms with Crippen LogP contribution in [0, 0.1) is 0 Å². The van der Waals surface area contributed by atoms with E-state index in [4.69, 9.17) is 0 Å². The summed E-state index contributed by atoms with van der Waals surface area (Å²) >= 11 is 3.15. The third kappa shape index (κ3) is 2.95. The average Bonchev–Trinajstić information content (AvgIpc) is 3.12. The molecule has 0 aromatic carbocycles. The fourth-order valence-electron chi connectivity index (χ4n) is 2.46. The van der Waals surface area contributed by atoms with Crippen LogP contribution in [0.2, 0.25) is 0 Å². The Hall–Kier alpha value is -1.17. The first kappa shape index (κ1) is 13.8. The Balaban J connectivity index is 1.60. The van der Waals surface area contributed by atoms with Crippen molar-refractivity contribution in [1.82, 2.24) is 5.32 Å². The summed E-state index contributed by atoms with van der Waals surface area (Å²) < 4.78 is 0. The molecule has 0 aliphatic heterocycles. The number of thiophene rings is 2. The molecule has 3 nitrogen and oxygen atoms in total. The Morgan fingerprint density at radius 1 is 1.40 bits per heavy atom. The molecule has 1 atom stereocenters. The Bertz CT molecular complexity index is 566. The molecule has 1 amide bonds. The van der Waals surface area contributed by atoms with E-state index in [2.05, 4.69) is 5.32 Å². The van der Waals surface area contributed by atoms with E-state index < -0.39 is 6.10 Å². The van der Waals surface area contributed by atoms with Gasteiger partial charge in [-0.05, 0) is 59.7 Å². The molecule has 0 fully saturated rings. The van der Waals surface area contributed by atoms with Gasteiger partial charge in [-0.25, -0.2) is 0 Å². The summed E-state index contributed by atoms with van der Waals surface area (Å²) in [7, 11) is 0. The van der Waals surface area contributed by atoms with Crippen molar-refractivity contribution in [3.8, 4) is 0 Å². The van der Waals surface area contributed by atoms with E-state index in [1.807, 2.05) is 22.9 Å². The van der Waals surface area contributed by atoms with Crippen molar-refractivity contribution in [2.24, 2.45) is 0 Å². The van der Waals surface area contributed by atoms with Crippen molar-refractivity contribution in [3.63, 3.8) is 0 Å². The molecule has 106 valence electrons. The topological polar surface area (TPSA) is 49.3 Å². The molecule has 2 aromatic heterocycles. The van der Waals surface area contributed by atoms with E-state index in [0.29, 0.717) is 0 Å². The summed E-state index contributed by atoms with van der Waals surface area (Å²) in [5.41, 5.74) is 2.20. The van der Waals surface area contributed by atoms with Crippen molar-refractivity contribution in [2.45, 2.75) is 31.8 Å². The number of aryl methyl sites for hydroxylation is 2. The molecule has 2 heterocycles. The van der Waals surface area contributed by atoms with Gasteiger partial charge in [0.05, 0.1) is 11.0 Å². The number of fused-ring (bicyclic) bond motifs is 1. The van der Waals surface area contributed by atoms with Gasteiger partial charge >= 0.3 is 0 Å². The van der Waals surface area contributed by atoms with Crippen LogP contribution in [0.4, 0.5) is 0 Å². The molecule has 3 rings (SSSR count). The Kier molecular flexibility index (Phi) is 4.19. The molecule has 0 saturated heterocycles. The van der Waals surface area contributed by atoms with Crippen LogP contribution in [0.5, 0.6) is 0 Å². The van der Waals surface area contributed by atoms with Crippen molar-refractivity contribution in [1.29, 1.82) is 0 Å². The van der Waals surface area contributed by atoms with Gasteiger partial charge in [-0.3, -0.25) is 4.79 Å². The molecule has 2 N–H and O–H groups in total. The lowest BCUT2D eigenvalue weighted by atomic mass is 9.99. The van der Waals surface area contributed by atoms with Crippen LogP contribution in [-0.4, -0.2) is 17.6 Å². The predicted molar refractivity (Wildman–Crippen MR) is 82.6 cm³/mol. The number of hydrogen-bond acceptors (Lipinski definition) is 4. The second-order valence-corrected chi connectivity index (χ2v) is 6.97. The summed E-state index contributed by atoms with van der Waals surface area (Å²) in [5, 5.41) is 16.6. The summed E-state index contributed by atoms with van der Waals surface area (Å²) in [5.74, 6) is -0.0707. The second-order valence-electron chi connectivity index (χ2n) is 5.05. The molecule has 0 bridgehead atoms. The highest BCUT2D eigenvalue weighted by atomic mass is 32.1. The number of hydrogen-bond donors (Lipinski definition) is 2. The minimum absolute atomic E-state index is 0.0707. The van der Waals surface area contributed by atoms with Crippen molar-refractivity contribution < 1.29 is 9.90 Å². The molecule has 1 aliphatic carbocycles. The number of carbonyl (C=O) groups is 1. The lowest BCUT2D eigenvalue weighted by Crippen LogP contribution is -2.27. The van der Waals surface area contributed by atoms with Gasteiger partial charge in [0.2, 0.25) is 0 Å². The van der Waals surface area contributed by atoms with Crippen LogP contribution in [0.15, 0.2) is 22.9 Å². The number of aliphatic hydroxyl groups excluding tert-OH is 1. The second kappa shape index (κ2) is 6.08. The monoisotopic (exact) mass is 307 g/mol. The van der Waals surface area contributed by atoms with Crippen LogP contribution < -0.4 is 5.32 Å². The minimum atomic E-state index is -0.625. The van der Waals surface area contributed by atoms with Crippen molar-refractivity contribution in [2.75, 3.05) is 6.54 Å². The molecule has 5 heteroatoms. The zero-order valence-electron chi connectivity index (χ0n) is 11.1. The summed E-state index contributed by atoms with van der Waals surface area (Å²) in [6, 6.07) is 3.90. The summed E-state index contributed by atoms with van der Waals surface area (Å²) in [6.07, 6.45) is 4.02. The predicted octanol–water partition coefficient (Wildman–Crippen LogP) is 3.15. The SMILES string of the molecule is O=C(NCC(O)c1ccsc1)c1cc2c(s1)CCCC2. The molecular formula is C15H17NO2S2. The largest absolute Gasteiger partial charge is 0.387 e. The fourth-order valence-corrected chi connectivity index (χ4v) is 4.34. The summed E-state index contributed by atoms with van der Waals surface area (Å²) in [4.78, 5) is 14.3. The first-order valence-electron chi connectivity index (χ1n) is 6.84. The van der Waals surface area contributed by atoms with Crippen LogP contribution in [0.25, 0.3) is 0 Å². The Morgan fingerprint density at radius 3 is 3.00 bits per heavy atom. The Labute approximate surface area is 126 Å². The highest BCUT2D eigenvalue weighted by Gasteiger charge is 2.18. The van der Waals surface area contributed by atoms with Gasteiger partial charge in [0.15, 0.2) is 0 Å². The van der Waals surface area contributed by atoms with Crippen molar-refractivity contribution in [3.05, 3.63) is 43.8 Å². The zero-order valence-corrected chi connectivity index (χ0v) is 12.7. The van der Waals surface area contributed by atoms with E-state index in [1.54, 1.807) is 22.7 Å². The minimum Gasteiger partial charge on any atom is -0.387 e. The molecule has 1 unspecified atom stereocenters. The van der Waals surface area contributed by atoms with Gasteiger partial charge in [0.1, 0.15) is 0 Å². The van der Waals surface area contributed by atoms with Crippen LogP contribution in [0.1, 0.15) is 44.6 Å². The number of nitrogens with one attached hydrogen (secondary N) is 1. The normalized spacial score (nSPS) is 15.7. The van der Waals surface area contributed by atoms with Crippen LogP contribution in [0.3, 0.4) is 0 Å². The third-order valence-electron chi connectivity index (χ3n) is 3.60. The maximum atomic E-state index is 12.1. The molecule has 0 spiro atoms. The smallest absolute Gasteiger partial charge is 0.261 e. The van der Waals surface area contributed by atoms with Crippen LogP contribution >= 0.6 is 22.7 Å². The molecular weight excluding hydrogens is 290 g/mol. The maximum absolute atomic E-state index is 12.1. The fraction of sp³-hybridized carbons (Fsp3) is 0.400. The van der Waals surface area contributed by atoms with Gasteiger partial charge in [-0.2, -0.15) is 11.3 Å². The number of aliphatic hydroxyl groups is 1. The molecule has 1 aliphatic rings. The molecule has 2 aromatic rings. The highest BCUT2D eigenvalue weighted by Crippen LogP contribution is 2.29. The number of rotatable bonds is 4. The zero-order chi connectivity index (χ0) is 13.9. The van der Waals surface area contributed by atoms with E-state index in [0.717, 1.165) is 23.3 Å². The molecule has 20 heavy (non-hydrogen) atoms. The van der Waals surface area contributed by atoms with Gasteiger partial charge < -0.3 is 10.4 Å². The average molecular weight is 307 g/mol. The standard InChI is InChI=1S/C15H17NO2S2/c17-12(11-5-6-19-9-11)8-16-15(18)14-7-10-3-1-2-4-13(10)20-14/h5-7,9,12,17H,1-4,8H2,(H,16,18). The Morgan fingerprint density at radius 2 is 2.25 bits per heavy atom. The van der Waals surface area contributed by atoms with Gasteiger partial charge in [0.25, 0.3) is 5.91 Å². The van der Waals surface area contributed by atoms with Crippen molar-refractivity contribution >= 4 is 28.6 Å². The lowest BCUT2D eigenvalue weighted by Gasteiger charge is -2.09. The third-order valence-corrected chi connectivity index (χ3v) is 5.54. The van der Waals surface area contributed by atoms with E-state index in [9.17, 15) is 9.90 Å². The number of amides is 1. The first-order chi connectivity index (χ1) is 9.74. The molecule has 0 radical (unpaired) electrons. The lowest BCUT2D eigenvalue weighted by molar-refractivity contribution is 0.0920. The van der Waals surface area contributed by atoms with Crippen LogP contribution in [-0.2, 0) is 12.8 Å². The summed E-state index contributed by atoms with van der Waals surface area (Å²) in [6.45, 7) is 0.262. The van der Waals surface area contributed by atoms with Gasteiger partial charge in [0, 0.05) is 11.4 Å². The van der Waals surface area contributed by atoms with Gasteiger partial charge in [-0.1, -0.05) is 0 Å². The quantitative estimate of drug-likeness (QED) is 0.911. The number of carbonyl (C=O) groups excluding carboxylic acids is 1. The van der Waals surface area contributed by atoms with Gasteiger partial charge in [-0.15, -0.1) is 11.3 Å². The maximum Gasteiger partial charge on any atom is 0.261 e. The molecule has 0 saturated carbocycles. The highest BCUT2D eigenvalue weighted by molar-refractivity contribution is 7.14.